The standard InChI is InChI=1S/C9H14N2/c1-9(2,3)8-4-5-10-6-7-11-8/h4-7,11H,1-3H3. The minimum absolute atomic E-state index is 0.167. The van der Waals surface area contributed by atoms with E-state index in [2.05, 4.69) is 31.1 Å². The van der Waals surface area contributed by atoms with Crippen molar-refractivity contribution in [2.24, 2.45) is 10.4 Å². The van der Waals surface area contributed by atoms with Crippen molar-refractivity contribution in [3.05, 3.63) is 24.2 Å². The summed E-state index contributed by atoms with van der Waals surface area (Å²) in [5, 5.41) is 3.18. The summed E-state index contributed by atoms with van der Waals surface area (Å²) in [4.78, 5) is 3.99. The molecule has 11 heavy (non-hydrogen) atoms. The SMILES string of the molecule is CC(C)(C)C1=CC=NC=CN1. The fraction of sp³-hybridized carbons (Fsp3) is 0.444. The zero-order chi connectivity index (χ0) is 8.32. The van der Waals surface area contributed by atoms with Gasteiger partial charge in [0.2, 0.25) is 0 Å². The van der Waals surface area contributed by atoms with Crippen molar-refractivity contribution in [1.82, 2.24) is 5.32 Å². The molecule has 1 rings (SSSR count). The van der Waals surface area contributed by atoms with E-state index >= 15 is 0 Å². The highest BCUT2D eigenvalue weighted by Crippen LogP contribution is 2.22. The molecule has 60 valence electrons. The molecule has 2 heteroatoms. The Hall–Kier alpha value is -1.05. The van der Waals surface area contributed by atoms with Crippen LogP contribution in [-0.4, -0.2) is 6.21 Å². The monoisotopic (exact) mass is 150 g/mol. The fourth-order valence-corrected chi connectivity index (χ4v) is 0.852. The first kappa shape index (κ1) is 8.05. The van der Waals surface area contributed by atoms with E-state index in [9.17, 15) is 0 Å². The summed E-state index contributed by atoms with van der Waals surface area (Å²) in [5.41, 5.74) is 1.36. The lowest BCUT2D eigenvalue weighted by molar-refractivity contribution is 0.480. The van der Waals surface area contributed by atoms with Crippen molar-refractivity contribution < 1.29 is 0 Å². The second kappa shape index (κ2) is 2.91. The summed E-state index contributed by atoms with van der Waals surface area (Å²) >= 11 is 0. The lowest BCUT2D eigenvalue weighted by Gasteiger charge is -2.21. The average molecular weight is 150 g/mol. The van der Waals surface area contributed by atoms with Crippen LogP contribution in [0.5, 0.6) is 0 Å². The van der Waals surface area contributed by atoms with Gasteiger partial charge in [-0.05, 0) is 6.08 Å². The molecule has 1 aliphatic heterocycles. The van der Waals surface area contributed by atoms with Crippen molar-refractivity contribution in [1.29, 1.82) is 0 Å². The maximum atomic E-state index is 3.99. The van der Waals surface area contributed by atoms with E-state index in [1.165, 1.54) is 5.70 Å². The molecule has 0 fully saturated rings. The maximum absolute atomic E-state index is 3.99. The maximum Gasteiger partial charge on any atom is 0.0428 e. The Morgan fingerprint density at radius 1 is 1.36 bits per heavy atom. The third-order valence-corrected chi connectivity index (χ3v) is 1.53. The van der Waals surface area contributed by atoms with E-state index in [4.69, 9.17) is 0 Å². The predicted molar refractivity (Wildman–Crippen MR) is 48.3 cm³/mol. The summed E-state index contributed by atoms with van der Waals surface area (Å²) in [6.07, 6.45) is 7.40. The average Bonchev–Trinajstić information content (AvgIpc) is 2.10. The number of hydrogen-bond donors (Lipinski definition) is 1. The molecule has 0 saturated heterocycles. The zero-order valence-corrected chi connectivity index (χ0v) is 7.26. The van der Waals surface area contributed by atoms with E-state index in [-0.39, 0.29) is 5.41 Å². The van der Waals surface area contributed by atoms with E-state index in [1.54, 1.807) is 12.4 Å². The quantitative estimate of drug-likeness (QED) is 0.561. The summed E-state index contributed by atoms with van der Waals surface area (Å²) < 4.78 is 0. The van der Waals surface area contributed by atoms with Gasteiger partial charge < -0.3 is 5.32 Å². The lowest BCUT2D eigenvalue weighted by Crippen LogP contribution is -2.19. The van der Waals surface area contributed by atoms with Gasteiger partial charge in [0.1, 0.15) is 0 Å². The van der Waals surface area contributed by atoms with E-state index in [0.717, 1.165) is 0 Å². The molecule has 0 radical (unpaired) electrons. The number of hydrogen-bond acceptors (Lipinski definition) is 2. The second-order valence-corrected chi connectivity index (χ2v) is 3.59. The first-order chi connectivity index (χ1) is 5.11. The smallest absolute Gasteiger partial charge is 0.0428 e. The highest BCUT2D eigenvalue weighted by molar-refractivity contribution is 5.73. The minimum atomic E-state index is 0.167. The largest absolute Gasteiger partial charge is 0.363 e. The first-order valence-corrected chi connectivity index (χ1v) is 3.76. The molecule has 0 aromatic heterocycles. The third kappa shape index (κ3) is 2.22. The van der Waals surface area contributed by atoms with Gasteiger partial charge in [0.25, 0.3) is 0 Å². The highest BCUT2D eigenvalue weighted by Gasteiger charge is 2.15. The summed E-state index contributed by atoms with van der Waals surface area (Å²) in [5.74, 6) is 0. The summed E-state index contributed by atoms with van der Waals surface area (Å²) in [7, 11) is 0. The van der Waals surface area contributed by atoms with E-state index in [0.29, 0.717) is 0 Å². The summed E-state index contributed by atoms with van der Waals surface area (Å²) in [6.45, 7) is 6.50. The third-order valence-electron chi connectivity index (χ3n) is 1.53. The number of aliphatic imine (C=N–C) groups is 1. The van der Waals surface area contributed by atoms with Gasteiger partial charge in [-0.25, -0.2) is 0 Å². The van der Waals surface area contributed by atoms with E-state index < -0.39 is 0 Å². The van der Waals surface area contributed by atoms with Crippen LogP contribution in [0.3, 0.4) is 0 Å². The van der Waals surface area contributed by atoms with E-state index in [1.807, 2.05) is 12.3 Å². The first-order valence-electron chi connectivity index (χ1n) is 3.76. The lowest BCUT2D eigenvalue weighted by atomic mass is 9.92. The van der Waals surface area contributed by atoms with Crippen LogP contribution in [0.15, 0.2) is 29.2 Å². The molecule has 0 bridgehead atoms. The van der Waals surface area contributed by atoms with Gasteiger partial charge in [0.05, 0.1) is 0 Å². The van der Waals surface area contributed by atoms with Crippen LogP contribution in [0.25, 0.3) is 0 Å². The normalized spacial score (nSPS) is 17.2. The second-order valence-electron chi connectivity index (χ2n) is 3.59. The molecule has 0 spiro atoms. The van der Waals surface area contributed by atoms with Gasteiger partial charge in [-0.1, -0.05) is 20.8 Å². The van der Waals surface area contributed by atoms with Gasteiger partial charge >= 0.3 is 0 Å². The molecule has 1 aliphatic rings. The zero-order valence-electron chi connectivity index (χ0n) is 7.26. The van der Waals surface area contributed by atoms with Crippen molar-refractivity contribution in [3.8, 4) is 0 Å². The highest BCUT2D eigenvalue weighted by atomic mass is 14.9. The topological polar surface area (TPSA) is 24.4 Å². The van der Waals surface area contributed by atoms with Gasteiger partial charge in [-0.15, -0.1) is 0 Å². The Morgan fingerprint density at radius 2 is 2.09 bits per heavy atom. The Labute approximate surface area is 67.7 Å². The molecular formula is C9H14N2. The molecule has 0 aromatic carbocycles. The molecule has 0 aliphatic carbocycles. The number of allylic oxidation sites excluding steroid dienone is 2. The Morgan fingerprint density at radius 3 is 2.73 bits per heavy atom. The van der Waals surface area contributed by atoms with Gasteiger partial charge in [0.15, 0.2) is 0 Å². The molecular weight excluding hydrogens is 136 g/mol. The number of nitrogens with one attached hydrogen (secondary N) is 1. The molecule has 0 amide bonds. The van der Waals surface area contributed by atoms with Crippen LogP contribution >= 0.6 is 0 Å². The predicted octanol–water partition coefficient (Wildman–Crippen LogP) is 2.06. The molecule has 0 atom stereocenters. The van der Waals surface area contributed by atoms with Crippen molar-refractivity contribution in [3.63, 3.8) is 0 Å². The fourth-order valence-electron chi connectivity index (χ4n) is 0.852. The van der Waals surface area contributed by atoms with Crippen LogP contribution in [0, 0.1) is 5.41 Å². The minimum Gasteiger partial charge on any atom is -0.363 e. The molecule has 1 N–H and O–H groups in total. The molecule has 0 saturated carbocycles. The number of rotatable bonds is 0. The molecule has 2 nitrogen and oxygen atoms in total. The van der Waals surface area contributed by atoms with Crippen LogP contribution < -0.4 is 5.32 Å². The Kier molecular flexibility index (Phi) is 2.13. The summed E-state index contributed by atoms with van der Waals surface area (Å²) in [6, 6.07) is 0. The number of nitrogens with zero attached hydrogens (tertiary/aromatic N) is 1. The van der Waals surface area contributed by atoms with Gasteiger partial charge in [-0.3, -0.25) is 4.99 Å². The van der Waals surface area contributed by atoms with Crippen molar-refractivity contribution in [2.45, 2.75) is 20.8 Å². The molecule has 1 heterocycles. The van der Waals surface area contributed by atoms with Crippen LogP contribution in [0.4, 0.5) is 0 Å². The Balaban J connectivity index is 2.81. The van der Waals surface area contributed by atoms with Crippen LogP contribution in [-0.2, 0) is 0 Å². The van der Waals surface area contributed by atoms with Crippen molar-refractivity contribution >= 4 is 6.21 Å². The Bertz CT molecular complexity index is 216. The van der Waals surface area contributed by atoms with Crippen molar-refractivity contribution in [2.75, 3.05) is 0 Å². The molecule has 0 aromatic rings. The van der Waals surface area contributed by atoms with Crippen LogP contribution in [0.2, 0.25) is 0 Å². The molecule has 0 unspecified atom stereocenters. The van der Waals surface area contributed by atoms with Crippen LogP contribution in [0.1, 0.15) is 20.8 Å². The van der Waals surface area contributed by atoms with Gasteiger partial charge in [-0.2, -0.15) is 0 Å². The van der Waals surface area contributed by atoms with Gasteiger partial charge in [0, 0.05) is 29.7 Å².